The monoisotopic (exact) mass is 376 g/mol. The van der Waals surface area contributed by atoms with Gasteiger partial charge in [-0.15, -0.1) is 0 Å². The van der Waals surface area contributed by atoms with Gasteiger partial charge in [0.15, 0.2) is 5.52 Å². The molecule has 0 bridgehead atoms. The molecule has 1 atom stereocenters. The van der Waals surface area contributed by atoms with E-state index in [0.717, 1.165) is 12.8 Å². The number of hydrogen-bond donors (Lipinski definition) is 1. The zero-order chi connectivity index (χ0) is 18.6. The summed E-state index contributed by atoms with van der Waals surface area (Å²) in [7, 11) is 1.67. The molecule has 2 aromatic heterocycles. The minimum Gasteiger partial charge on any atom is -0.379 e. The number of aromatic nitrogens is 4. The molecule has 0 amide bonds. The molecule has 3 aromatic rings. The van der Waals surface area contributed by atoms with Crippen molar-refractivity contribution in [3.8, 4) is 0 Å². The van der Waals surface area contributed by atoms with Crippen molar-refractivity contribution < 1.29 is 9.50 Å². The second kappa shape index (κ2) is 5.89. The largest absolute Gasteiger partial charge is 0.379 e. The summed E-state index contributed by atoms with van der Waals surface area (Å²) in [5, 5.41) is 20.5. The number of halogens is 2. The fourth-order valence-electron chi connectivity index (χ4n) is 3.43. The molecule has 136 valence electrons. The quantitative estimate of drug-likeness (QED) is 0.759. The molecule has 1 unspecified atom stereocenters. The molecular weight excluding hydrogens is 359 g/mol. The van der Waals surface area contributed by atoms with Crippen LogP contribution in [0.15, 0.2) is 29.2 Å². The summed E-state index contributed by atoms with van der Waals surface area (Å²) < 4.78 is 16.5. The van der Waals surface area contributed by atoms with Gasteiger partial charge in [-0.2, -0.15) is 10.2 Å². The summed E-state index contributed by atoms with van der Waals surface area (Å²) >= 11 is 5.91. The third-order valence-electron chi connectivity index (χ3n) is 5.00. The molecule has 6 nitrogen and oxygen atoms in total. The number of nitrogens with zero attached hydrogens (tertiary/aromatic N) is 4. The van der Waals surface area contributed by atoms with Crippen LogP contribution in [0.4, 0.5) is 4.39 Å². The van der Waals surface area contributed by atoms with Gasteiger partial charge in [0, 0.05) is 7.05 Å². The average Bonchev–Trinajstić information content (AvgIpc) is 3.39. The summed E-state index contributed by atoms with van der Waals surface area (Å²) in [6, 6.07) is 4.24. The third kappa shape index (κ3) is 2.46. The van der Waals surface area contributed by atoms with E-state index in [0.29, 0.717) is 16.6 Å². The van der Waals surface area contributed by atoms with Crippen LogP contribution in [-0.4, -0.2) is 24.7 Å². The van der Waals surface area contributed by atoms with Gasteiger partial charge < -0.3 is 5.11 Å². The Morgan fingerprint density at radius 3 is 2.77 bits per heavy atom. The van der Waals surface area contributed by atoms with Gasteiger partial charge in [-0.3, -0.25) is 9.48 Å². The van der Waals surface area contributed by atoms with E-state index in [1.807, 2.05) is 0 Å². The van der Waals surface area contributed by atoms with Crippen LogP contribution in [0, 0.1) is 5.82 Å². The summed E-state index contributed by atoms with van der Waals surface area (Å²) in [5.74, 6) is -0.558. The highest BCUT2D eigenvalue weighted by atomic mass is 35.5. The van der Waals surface area contributed by atoms with E-state index in [1.165, 1.54) is 27.6 Å². The fourth-order valence-corrected chi connectivity index (χ4v) is 3.61. The van der Waals surface area contributed by atoms with Crippen LogP contribution in [0.2, 0.25) is 5.02 Å². The molecule has 1 N–H and O–H groups in total. The first-order valence-corrected chi connectivity index (χ1v) is 8.87. The van der Waals surface area contributed by atoms with Crippen molar-refractivity contribution in [2.45, 2.75) is 37.8 Å². The zero-order valence-corrected chi connectivity index (χ0v) is 15.2. The molecule has 0 saturated heterocycles. The Morgan fingerprint density at radius 2 is 2.15 bits per heavy atom. The van der Waals surface area contributed by atoms with Crippen molar-refractivity contribution in [3.05, 3.63) is 56.8 Å². The molecule has 1 saturated carbocycles. The number of hydrogen-bond acceptors (Lipinski definition) is 4. The van der Waals surface area contributed by atoms with Gasteiger partial charge >= 0.3 is 0 Å². The zero-order valence-electron chi connectivity index (χ0n) is 14.4. The minimum atomic E-state index is -1.49. The Hall–Kier alpha value is -2.25. The SMILES string of the molecule is CCC(O)(c1ccc(F)c(Cl)c1)c1c2cnn(C3CC3)c(=O)c2nn1C. The van der Waals surface area contributed by atoms with E-state index in [4.69, 9.17) is 11.6 Å². The normalized spacial score (nSPS) is 16.8. The topological polar surface area (TPSA) is 72.9 Å². The lowest BCUT2D eigenvalue weighted by molar-refractivity contribution is 0.0691. The minimum absolute atomic E-state index is 0.0740. The highest BCUT2D eigenvalue weighted by Gasteiger charge is 2.37. The van der Waals surface area contributed by atoms with Crippen LogP contribution in [-0.2, 0) is 12.6 Å². The Kier molecular flexibility index (Phi) is 3.89. The average molecular weight is 377 g/mol. The standard InChI is InChI=1S/C18H18ClFN4O2/c1-3-18(26,10-4-7-14(20)13(19)8-10)16-12-9-21-24(11-5-6-11)17(25)15(12)22-23(16)2/h4,7-9,11,26H,3,5-6H2,1-2H3. The van der Waals surface area contributed by atoms with Crippen molar-refractivity contribution in [2.24, 2.45) is 7.05 Å². The number of benzene rings is 1. The van der Waals surface area contributed by atoms with E-state index < -0.39 is 11.4 Å². The van der Waals surface area contributed by atoms with Gasteiger partial charge in [0.05, 0.1) is 28.3 Å². The van der Waals surface area contributed by atoms with E-state index in [-0.39, 0.29) is 28.6 Å². The highest BCUT2D eigenvalue weighted by molar-refractivity contribution is 6.30. The molecule has 1 fully saturated rings. The molecule has 0 aliphatic heterocycles. The maximum atomic E-state index is 13.6. The summed E-state index contributed by atoms with van der Waals surface area (Å²) in [6.45, 7) is 1.80. The molecule has 26 heavy (non-hydrogen) atoms. The lowest BCUT2D eigenvalue weighted by atomic mass is 9.86. The summed E-state index contributed by atoms with van der Waals surface area (Å²) in [6.07, 6.45) is 3.73. The molecule has 2 heterocycles. The van der Waals surface area contributed by atoms with E-state index in [1.54, 1.807) is 20.2 Å². The summed E-state index contributed by atoms with van der Waals surface area (Å²) in [5.41, 5.74) is -0.611. The van der Waals surface area contributed by atoms with Gasteiger partial charge in [-0.05, 0) is 37.0 Å². The predicted octanol–water partition coefficient (Wildman–Crippen LogP) is 2.90. The second-order valence-electron chi connectivity index (χ2n) is 6.70. The third-order valence-corrected chi connectivity index (χ3v) is 5.29. The molecule has 1 aliphatic rings. The van der Waals surface area contributed by atoms with E-state index >= 15 is 0 Å². The van der Waals surface area contributed by atoms with Crippen LogP contribution in [0.1, 0.15) is 43.5 Å². The van der Waals surface area contributed by atoms with Crippen molar-refractivity contribution in [2.75, 3.05) is 0 Å². The van der Waals surface area contributed by atoms with E-state index in [9.17, 15) is 14.3 Å². The Balaban J connectivity index is 1.96. The number of fused-ring (bicyclic) bond motifs is 1. The lowest BCUT2D eigenvalue weighted by Crippen LogP contribution is -2.29. The lowest BCUT2D eigenvalue weighted by Gasteiger charge is -2.28. The molecule has 0 radical (unpaired) electrons. The van der Waals surface area contributed by atoms with Crippen LogP contribution in [0.25, 0.3) is 10.9 Å². The molecule has 1 aromatic carbocycles. The van der Waals surface area contributed by atoms with Gasteiger partial charge in [0.25, 0.3) is 5.56 Å². The fraction of sp³-hybridized carbons (Fsp3) is 0.389. The maximum absolute atomic E-state index is 13.6. The molecule has 1 aliphatic carbocycles. The van der Waals surface area contributed by atoms with Crippen molar-refractivity contribution in [1.29, 1.82) is 0 Å². The first-order chi connectivity index (χ1) is 12.4. The number of aryl methyl sites for hydroxylation is 1. The van der Waals surface area contributed by atoms with Gasteiger partial charge in [0.2, 0.25) is 0 Å². The van der Waals surface area contributed by atoms with Crippen molar-refractivity contribution >= 4 is 22.5 Å². The Labute approximate surface area is 153 Å². The van der Waals surface area contributed by atoms with Crippen molar-refractivity contribution in [1.82, 2.24) is 19.6 Å². The molecular formula is C18H18ClFN4O2. The second-order valence-corrected chi connectivity index (χ2v) is 7.11. The molecule has 4 rings (SSSR count). The Bertz CT molecular complexity index is 1070. The van der Waals surface area contributed by atoms with Crippen molar-refractivity contribution in [3.63, 3.8) is 0 Å². The van der Waals surface area contributed by atoms with Crippen LogP contribution in [0.3, 0.4) is 0 Å². The first-order valence-electron chi connectivity index (χ1n) is 8.49. The van der Waals surface area contributed by atoms with Crippen LogP contribution in [0.5, 0.6) is 0 Å². The van der Waals surface area contributed by atoms with Crippen LogP contribution < -0.4 is 5.56 Å². The maximum Gasteiger partial charge on any atom is 0.295 e. The van der Waals surface area contributed by atoms with Gasteiger partial charge in [-0.1, -0.05) is 24.6 Å². The van der Waals surface area contributed by atoms with Gasteiger partial charge in [0.1, 0.15) is 11.4 Å². The summed E-state index contributed by atoms with van der Waals surface area (Å²) in [4.78, 5) is 12.7. The number of rotatable bonds is 4. The smallest absolute Gasteiger partial charge is 0.295 e. The van der Waals surface area contributed by atoms with Crippen LogP contribution >= 0.6 is 11.6 Å². The molecule has 8 heteroatoms. The molecule has 0 spiro atoms. The first kappa shape index (κ1) is 17.2. The van der Waals surface area contributed by atoms with E-state index in [2.05, 4.69) is 10.2 Å². The predicted molar refractivity (Wildman–Crippen MR) is 95.7 cm³/mol. The number of aliphatic hydroxyl groups is 1. The Morgan fingerprint density at radius 1 is 1.42 bits per heavy atom. The van der Waals surface area contributed by atoms with Gasteiger partial charge in [-0.25, -0.2) is 9.07 Å². The highest BCUT2D eigenvalue weighted by Crippen LogP contribution is 2.38.